The lowest BCUT2D eigenvalue weighted by atomic mass is 9.85. The number of aromatic hydroxyl groups is 1. The summed E-state index contributed by atoms with van der Waals surface area (Å²) in [6, 6.07) is 26.5. The minimum absolute atomic E-state index is 0.0457. The molecular formula is C19H15IO. The van der Waals surface area contributed by atoms with Gasteiger partial charge in [-0.2, -0.15) is 0 Å². The van der Waals surface area contributed by atoms with Gasteiger partial charge in [0.2, 0.25) is 0 Å². The van der Waals surface area contributed by atoms with Crippen molar-refractivity contribution in [2.45, 2.75) is 5.92 Å². The molecule has 3 aromatic rings. The highest BCUT2D eigenvalue weighted by Gasteiger charge is 2.19. The lowest BCUT2D eigenvalue weighted by molar-refractivity contribution is 0.466. The van der Waals surface area contributed by atoms with Crippen LogP contribution >= 0.6 is 22.6 Å². The standard InChI is InChI=1S/C19H15IO/c20-16-11-12-17(18(21)13-16)19(14-7-3-1-4-8-14)15-9-5-2-6-10-15/h1-13,19,21H. The Morgan fingerprint density at radius 1 is 0.714 bits per heavy atom. The summed E-state index contributed by atoms with van der Waals surface area (Å²) in [6.45, 7) is 0. The van der Waals surface area contributed by atoms with Gasteiger partial charge in [-0.05, 0) is 45.9 Å². The van der Waals surface area contributed by atoms with Crippen LogP contribution in [-0.4, -0.2) is 5.11 Å². The van der Waals surface area contributed by atoms with Crippen molar-refractivity contribution in [2.75, 3.05) is 0 Å². The quantitative estimate of drug-likeness (QED) is 0.486. The molecule has 0 saturated carbocycles. The van der Waals surface area contributed by atoms with Crippen LogP contribution in [-0.2, 0) is 0 Å². The maximum atomic E-state index is 10.4. The number of halogens is 1. The second-order valence-electron chi connectivity index (χ2n) is 4.96. The van der Waals surface area contributed by atoms with Crippen molar-refractivity contribution in [3.63, 3.8) is 0 Å². The molecule has 0 saturated heterocycles. The molecule has 3 aromatic carbocycles. The summed E-state index contributed by atoms with van der Waals surface area (Å²) in [5, 5.41) is 10.4. The summed E-state index contributed by atoms with van der Waals surface area (Å²) in [6.07, 6.45) is 0. The van der Waals surface area contributed by atoms with Gasteiger partial charge >= 0.3 is 0 Å². The van der Waals surface area contributed by atoms with E-state index in [4.69, 9.17) is 0 Å². The molecule has 0 amide bonds. The van der Waals surface area contributed by atoms with E-state index in [0.29, 0.717) is 5.75 Å². The van der Waals surface area contributed by atoms with Crippen molar-refractivity contribution in [3.8, 4) is 5.75 Å². The van der Waals surface area contributed by atoms with Crippen LogP contribution in [0.3, 0.4) is 0 Å². The Morgan fingerprint density at radius 3 is 1.71 bits per heavy atom. The topological polar surface area (TPSA) is 20.2 Å². The molecule has 104 valence electrons. The first-order valence-electron chi connectivity index (χ1n) is 6.84. The number of hydrogen-bond donors (Lipinski definition) is 1. The van der Waals surface area contributed by atoms with Crippen LogP contribution in [0, 0.1) is 3.57 Å². The van der Waals surface area contributed by atoms with Crippen molar-refractivity contribution < 1.29 is 5.11 Å². The predicted octanol–water partition coefficient (Wildman–Crippen LogP) is 5.18. The first kappa shape index (κ1) is 14.1. The molecule has 0 radical (unpaired) electrons. The second kappa shape index (κ2) is 6.31. The zero-order valence-electron chi connectivity index (χ0n) is 11.4. The molecule has 0 fully saturated rings. The molecule has 0 unspecified atom stereocenters. The molecule has 3 rings (SSSR count). The predicted molar refractivity (Wildman–Crippen MR) is 94.7 cm³/mol. The zero-order valence-corrected chi connectivity index (χ0v) is 13.6. The van der Waals surface area contributed by atoms with Crippen molar-refractivity contribution in [1.82, 2.24) is 0 Å². The number of phenols is 1. The maximum absolute atomic E-state index is 10.4. The third-order valence-electron chi connectivity index (χ3n) is 3.57. The van der Waals surface area contributed by atoms with Gasteiger partial charge in [-0.25, -0.2) is 0 Å². The Labute approximate surface area is 138 Å². The summed E-state index contributed by atoms with van der Waals surface area (Å²) in [5.74, 6) is 0.393. The molecule has 0 bridgehead atoms. The van der Waals surface area contributed by atoms with Crippen LogP contribution in [0.2, 0.25) is 0 Å². The summed E-state index contributed by atoms with van der Waals surface area (Å²) < 4.78 is 1.04. The third-order valence-corrected chi connectivity index (χ3v) is 4.24. The van der Waals surface area contributed by atoms with Gasteiger partial charge in [0.1, 0.15) is 5.75 Å². The van der Waals surface area contributed by atoms with E-state index >= 15 is 0 Å². The van der Waals surface area contributed by atoms with Gasteiger partial charge in [0.15, 0.2) is 0 Å². The highest BCUT2D eigenvalue weighted by molar-refractivity contribution is 14.1. The van der Waals surface area contributed by atoms with Crippen molar-refractivity contribution in [2.24, 2.45) is 0 Å². The molecule has 0 aliphatic rings. The fraction of sp³-hybridized carbons (Fsp3) is 0.0526. The molecule has 21 heavy (non-hydrogen) atoms. The first-order chi connectivity index (χ1) is 10.3. The van der Waals surface area contributed by atoms with Crippen molar-refractivity contribution in [1.29, 1.82) is 0 Å². The van der Waals surface area contributed by atoms with Gasteiger partial charge < -0.3 is 5.11 Å². The number of benzene rings is 3. The smallest absolute Gasteiger partial charge is 0.120 e. The molecular weight excluding hydrogens is 371 g/mol. The van der Waals surface area contributed by atoms with E-state index in [-0.39, 0.29) is 5.92 Å². The van der Waals surface area contributed by atoms with Crippen molar-refractivity contribution >= 4 is 22.6 Å². The highest BCUT2D eigenvalue weighted by Crippen LogP contribution is 2.37. The lowest BCUT2D eigenvalue weighted by Crippen LogP contribution is -2.03. The van der Waals surface area contributed by atoms with Crippen LogP contribution in [0.5, 0.6) is 5.75 Å². The summed E-state index contributed by atoms with van der Waals surface area (Å²) in [7, 11) is 0. The lowest BCUT2D eigenvalue weighted by Gasteiger charge is -2.20. The Hall–Kier alpha value is -1.81. The van der Waals surface area contributed by atoms with Gasteiger partial charge in [-0.3, -0.25) is 0 Å². The second-order valence-corrected chi connectivity index (χ2v) is 6.20. The summed E-state index contributed by atoms with van der Waals surface area (Å²) in [4.78, 5) is 0. The number of hydrogen-bond acceptors (Lipinski definition) is 1. The molecule has 0 aromatic heterocycles. The van der Waals surface area contributed by atoms with Crippen LogP contribution < -0.4 is 0 Å². The molecule has 0 aliphatic carbocycles. The maximum Gasteiger partial charge on any atom is 0.120 e. The monoisotopic (exact) mass is 386 g/mol. The molecule has 0 spiro atoms. The minimum Gasteiger partial charge on any atom is -0.508 e. The molecule has 0 heterocycles. The number of phenolic OH excluding ortho intramolecular Hbond substituents is 1. The zero-order chi connectivity index (χ0) is 14.7. The van der Waals surface area contributed by atoms with Gasteiger partial charge in [0.25, 0.3) is 0 Å². The van der Waals surface area contributed by atoms with E-state index in [0.717, 1.165) is 9.13 Å². The molecule has 0 aliphatic heterocycles. The minimum atomic E-state index is 0.0457. The van der Waals surface area contributed by atoms with Gasteiger partial charge in [0, 0.05) is 15.1 Å². The van der Waals surface area contributed by atoms with Crippen LogP contribution in [0.25, 0.3) is 0 Å². The molecule has 1 N–H and O–H groups in total. The Bertz CT molecular complexity index is 684. The van der Waals surface area contributed by atoms with E-state index in [1.54, 1.807) is 0 Å². The molecule has 1 nitrogen and oxygen atoms in total. The van der Waals surface area contributed by atoms with Crippen molar-refractivity contribution in [3.05, 3.63) is 99.1 Å². The molecule has 0 atom stereocenters. The SMILES string of the molecule is Oc1cc(I)ccc1C(c1ccccc1)c1ccccc1. The van der Waals surface area contributed by atoms with Gasteiger partial charge in [0.05, 0.1) is 0 Å². The Kier molecular flexibility index (Phi) is 4.25. The first-order valence-corrected chi connectivity index (χ1v) is 7.92. The molecule has 2 heteroatoms. The Balaban J connectivity index is 2.17. The van der Waals surface area contributed by atoms with E-state index in [1.165, 1.54) is 11.1 Å². The van der Waals surface area contributed by atoms with Gasteiger partial charge in [-0.15, -0.1) is 0 Å². The number of rotatable bonds is 3. The van der Waals surface area contributed by atoms with E-state index in [2.05, 4.69) is 46.9 Å². The average Bonchev–Trinajstić information content (AvgIpc) is 2.52. The van der Waals surface area contributed by atoms with E-state index in [1.807, 2.05) is 54.6 Å². The largest absolute Gasteiger partial charge is 0.508 e. The highest BCUT2D eigenvalue weighted by atomic mass is 127. The Morgan fingerprint density at radius 2 is 1.24 bits per heavy atom. The van der Waals surface area contributed by atoms with Crippen LogP contribution in [0.15, 0.2) is 78.9 Å². The van der Waals surface area contributed by atoms with E-state index in [9.17, 15) is 5.11 Å². The summed E-state index contributed by atoms with van der Waals surface area (Å²) >= 11 is 2.21. The van der Waals surface area contributed by atoms with Crippen LogP contribution in [0.1, 0.15) is 22.6 Å². The normalized spacial score (nSPS) is 10.8. The third kappa shape index (κ3) is 3.10. The van der Waals surface area contributed by atoms with Crippen LogP contribution in [0.4, 0.5) is 0 Å². The average molecular weight is 386 g/mol. The summed E-state index contributed by atoms with van der Waals surface area (Å²) in [5.41, 5.74) is 3.30. The fourth-order valence-corrected chi connectivity index (χ4v) is 3.08. The van der Waals surface area contributed by atoms with Gasteiger partial charge in [-0.1, -0.05) is 66.7 Å². The van der Waals surface area contributed by atoms with E-state index < -0.39 is 0 Å². The fourth-order valence-electron chi connectivity index (χ4n) is 2.60.